The average molecular weight is 393 g/mol. The lowest BCUT2D eigenvalue weighted by molar-refractivity contribution is 0.483. The van der Waals surface area contributed by atoms with Crippen LogP contribution in [0.1, 0.15) is 0 Å². The first-order chi connectivity index (χ1) is 14.7. The summed E-state index contributed by atoms with van der Waals surface area (Å²) in [5.74, 6) is 1.61. The summed E-state index contributed by atoms with van der Waals surface area (Å²) in [7, 11) is 4.06. The topological polar surface area (TPSA) is 37.2 Å². The molecule has 4 aromatic carbocycles. The van der Waals surface area contributed by atoms with Crippen molar-refractivity contribution in [3.63, 3.8) is 0 Å². The van der Waals surface area contributed by atoms with Crippen molar-refractivity contribution in [1.29, 1.82) is 0 Å². The van der Waals surface area contributed by atoms with E-state index in [1.165, 1.54) is 0 Å². The molecule has 0 aromatic heterocycles. The molecule has 30 heavy (non-hydrogen) atoms. The first kappa shape index (κ1) is 19.4. The zero-order chi connectivity index (χ0) is 20.8. The maximum Gasteiger partial charge on any atom is 0.127 e. The average Bonchev–Trinajstić information content (AvgIpc) is 2.79. The van der Waals surface area contributed by atoms with E-state index < -0.39 is 0 Å². The minimum atomic E-state index is 0.791. The summed E-state index contributed by atoms with van der Waals surface area (Å²) in [5, 5.41) is 8.97. The van der Waals surface area contributed by atoms with Gasteiger partial charge < -0.3 is 9.64 Å². The second-order valence-corrected chi connectivity index (χ2v) is 7.04. The first-order valence-electron chi connectivity index (χ1n) is 9.81. The second kappa shape index (κ2) is 9.05. The number of rotatable bonds is 6. The third-order valence-electron chi connectivity index (χ3n) is 4.65. The van der Waals surface area contributed by atoms with Crippen molar-refractivity contribution in [1.82, 2.24) is 0 Å². The summed E-state index contributed by atoms with van der Waals surface area (Å²) in [6.07, 6.45) is 0. The van der Waals surface area contributed by atoms with E-state index in [1.54, 1.807) is 0 Å². The van der Waals surface area contributed by atoms with Crippen LogP contribution in [-0.4, -0.2) is 14.1 Å². The molecule has 4 nitrogen and oxygen atoms in total. The maximum atomic E-state index is 5.93. The molecule has 0 radical (unpaired) electrons. The van der Waals surface area contributed by atoms with Crippen molar-refractivity contribution in [2.24, 2.45) is 10.2 Å². The van der Waals surface area contributed by atoms with Gasteiger partial charge in [-0.15, -0.1) is 5.11 Å². The van der Waals surface area contributed by atoms with Gasteiger partial charge in [0, 0.05) is 25.3 Å². The van der Waals surface area contributed by atoms with Crippen LogP contribution in [0, 0.1) is 0 Å². The van der Waals surface area contributed by atoms with E-state index in [4.69, 9.17) is 4.74 Å². The van der Waals surface area contributed by atoms with Gasteiger partial charge in [0.15, 0.2) is 0 Å². The van der Waals surface area contributed by atoms with Crippen LogP contribution < -0.4 is 9.64 Å². The van der Waals surface area contributed by atoms with Crippen LogP contribution in [0.3, 0.4) is 0 Å². The standard InChI is InChI=1S/C26H23N3O/c1-29(2)25-15-9-14-24(28-27-21-10-5-3-6-11-21)26(25)20-16-18-23(19-17-20)30-22-12-7-4-8-13-22/h3-19H,1-2H3. The van der Waals surface area contributed by atoms with Crippen LogP contribution >= 0.6 is 0 Å². The van der Waals surface area contributed by atoms with Crippen LogP contribution in [-0.2, 0) is 0 Å². The largest absolute Gasteiger partial charge is 0.457 e. The third kappa shape index (κ3) is 4.55. The van der Waals surface area contributed by atoms with E-state index in [-0.39, 0.29) is 0 Å². The Labute approximate surface area is 177 Å². The van der Waals surface area contributed by atoms with E-state index in [1.807, 2.05) is 99.0 Å². The highest BCUT2D eigenvalue weighted by atomic mass is 16.5. The van der Waals surface area contributed by atoms with Gasteiger partial charge in [0.05, 0.1) is 11.4 Å². The lowest BCUT2D eigenvalue weighted by atomic mass is 10.0. The molecule has 0 N–H and O–H groups in total. The van der Waals surface area contributed by atoms with Gasteiger partial charge in [0.1, 0.15) is 11.5 Å². The van der Waals surface area contributed by atoms with Crippen LogP contribution in [0.25, 0.3) is 11.1 Å². The first-order valence-corrected chi connectivity index (χ1v) is 9.81. The lowest BCUT2D eigenvalue weighted by Gasteiger charge is -2.19. The van der Waals surface area contributed by atoms with Crippen molar-refractivity contribution in [3.05, 3.63) is 103 Å². The molecule has 4 heteroatoms. The fourth-order valence-corrected chi connectivity index (χ4v) is 3.20. The van der Waals surface area contributed by atoms with Crippen molar-refractivity contribution in [2.75, 3.05) is 19.0 Å². The Balaban J connectivity index is 1.69. The van der Waals surface area contributed by atoms with Gasteiger partial charge in [-0.1, -0.05) is 54.6 Å². The molecule has 0 heterocycles. The predicted molar refractivity (Wildman–Crippen MR) is 123 cm³/mol. The highest BCUT2D eigenvalue weighted by molar-refractivity contribution is 5.87. The number of nitrogens with zero attached hydrogens (tertiary/aromatic N) is 3. The number of para-hydroxylation sites is 1. The number of azo groups is 1. The smallest absolute Gasteiger partial charge is 0.127 e. The molecule has 4 aromatic rings. The molecule has 0 saturated heterocycles. The number of ether oxygens (including phenoxy) is 1. The number of benzene rings is 4. The Morgan fingerprint density at radius 1 is 0.600 bits per heavy atom. The number of hydrogen-bond acceptors (Lipinski definition) is 4. The summed E-state index contributed by atoms with van der Waals surface area (Å²) in [6.45, 7) is 0. The summed E-state index contributed by atoms with van der Waals surface area (Å²) < 4.78 is 5.93. The summed E-state index contributed by atoms with van der Waals surface area (Å²) in [4.78, 5) is 2.09. The Bertz CT molecular complexity index is 1120. The Morgan fingerprint density at radius 2 is 1.23 bits per heavy atom. The van der Waals surface area contributed by atoms with Gasteiger partial charge in [-0.2, -0.15) is 5.11 Å². The summed E-state index contributed by atoms with van der Waals surface area (Å²) in [5.41, 5.74) is 4.82. The van der Waals surface area contributed by atoms with Gasteiger partial charge >= 0.3 is 0 Å². The van der Waals surface area contributed by atoms with Gasteiger partial charge in [0.25, 0.3) is 0 Å². The molecular weight excluding hydrogens is 370 g/mol. The van der Waals surface area contributed by atoms with Gasteiger partial charge in [-0.25, -0.2) is 0 Å². The normalized spacial score (nSPS) is 10.9. The molecule has 0 aliphatic heterocycles. The van der Waals surface area contributed by atoms with E-state index >= 15 is 0 Å². The Morgan fingerprint density at radius 3 is 1.90 bits per heavy atom. The van der Waals surface area contributed by atoms with Crippen LogP contribution in [0.4, 0.5) is 17.1 Å². The van der Waals surface area contributed by atoms with Gasteiger partial charge in [-0.05, 0) is 54.1 Å². The SMILES string of the molecule is CN(C)c1cccc(N=Nc2ccccc2)c1-c1ccc(Oc2ccccc2)cc1. The van der Waals surface area contributed by atoms with Crippen LogP contribution in [0.2, 0.25) is 0 Å². The van der Waals surface area contributed by atoms with Gasteiger partial charge in [0.2, 0.25) is 0 Å². The molecule has 0 aliphatic carbocycles. The summed E-state index contributed by atoms with van der Waals surface area (Å²) in [6, 6.07) is 33.7. The van der Waals surface area contributed by atoms with E-state index in [0.29, 0.717) is 0 Å². The van der Waals surface area contributed by atoms with Crippen molar-refractivity contribution in [3.8, 4) is 22.6 Å². The molecule has 0 spiro atoms. The number of anilines is 1. The highest BCUT2D eigenvalue weighted by Crippen LogP contribution is 2.39. The van der Waals surface area contributed by atoms with Crippen molar-refractivity contribution < 1.29 is 4.74 Å². The highest BCUT2D eigenvalue weighted by Gasteiger charge is 2.13. The predicted octanol–water partition coefficient (Wildman–Crippen LogP) is 7.63. The fraction of sp³-hybridized carbons (Fsp3) is 0.0769. The minimum Gasteiger partial charge on any atom is -0.457 e. The van der Waals surface area contributed by atoms with Gasteiger partial charge in [-0.3, -0.25) is 0 Å². The quantitative estimate of drug-likeness (QED) is 0.316. The van der Waals surface area contributed by atoms with Crippen LogP contribution in [0.15, 0.2) is 113 Å². The molecule has 0 fully saturated rings. The summed E-state index contributed by atoms with van der Waals surface area (Å²) >= 11 is 0. The number of hydrogen-bond donors (Lipinski definition) is 0. The van der Waals surface area contributed by atoms with E-state index in [9.17, 15) is 0 Å². The van der Waals surface area contributed by atoms with Crippen LogP contribution in [0.5, 0.6) is 11.5 Å². The molecule has 0 saturated carbocycles. The molecular formula is C26H23N3O. The fourth-order valence-electron chi connectivity index (χ4n) is 3.20. The Kier molecular flexibility index (Phi) is 5.85. The zero-order valence-electron chi connectivity index (χ0n) is 17.1. The molecule has 0 aliphatic rings. The monoisotopic (exact) mass is 393 g/mol. The molecule has 0 unspecified atom stereocenters. The van der Waals surface area contributed by atoms with Crippen molar-refractivity contribution in [2.45, 2.75) is 0 Å². The molecule has 0 bridgehead atoms. The third-order valence-corrected chi connectivity index (χ3v) is 4.65. The van der Waals surface area contributed by atoms with Crippen molar-refractivity contribution >= 4 is 17.1 Å². The molecule has 4 rings (SSSR count). The lowest BCUT2D eigenvalue weighted by Crippen LogP contribution is -2.09. The molecule has 0 amide bonds. The zero-order valence-corrected chi connectivity index (χ0v) is 17.1. The van der Waals surface area contributed by atoms with E-state index in [2.05, 4.69) is 33.3 Å². The Hall–Kier alpha value is -3.92. The van der Waals surface area contributed by atoms with E-state index in [0.717, 1.165) is 39.7 Å². The maximum absolute atomic E-state index is 5.93. The minimum absolute atomic E-state index is 0.791. The molecule has 0 atom stereocenters. The molecule has 148 valence electrons. The second-order valence-electron chi connectivity index (χ2n) is 7.04.